The molecule has 0 spiro atoms. The topological polar surface area (TPSA) is 49.6 Å². The van der Waals surface area contributed by atoms with Crippen molar-refractivity contribution in [2.45, 2.75) is 38.1 Å². The molecule has 2 fully saturated rings. The minimum atomic E-state index is 0.176. The summed E-state index contributed by atoms with van der Waals surface area (Å²) in [5.74, 6) is 0.757. The van der Waals surface area contributed by atoms with Crippen LogP contribution in [0, 0.1) is 0 Å². The number of amides is 1. The van der Waals surface area contributed by atoms with Crippen LogP contribution < -0.4 is 0 Å². The highest BCUT2D eigenvalue weighted by atomic mass is 16.3. The zero-order chi connectivity index (χ0) is 17.1. The lowest BCUT2D eigenvalue weighted by Gasteiger charge is -2.28. The largest absolute Gasteiger partial charge is 0.444 e. The molecule has 4 rings (SSSR count). The molecule has 1 aromatic heterocycles. The number of carbonyl (C=O) groups excluding carboxylic acids is 1. The van der Waals surface area contributed by atoms with Crippen LogP contribution in [-0.2, 0) is 11.2 Å². The van der Waals surface area contributed by atoms with Gasteiger partial charge >= 0.3 is 0 Å². The Labute approximate surface area is 148 Å². The van der Waals surface area contributed by atoms with E-state index in [-0.39, 0.29) is 5.91 Å². The number of likely N-dealkylation sites (tertiary alicyclic amines) is 2. The third kappa shape index (κ3) is 3.76. The van der Waals surface area contributed by atoms with E-state index in [1.54, 1.807) is 6.26 Å². The highest BCUT2D eigenvalue weighted by Crippen LogP contribution is 2.22. The molecule has 2 aromatic rings. The Morgan fingerprint density at radius 2 is 1.92 bits per heavy atom. The Hall–Kier alpha value is -2.14. The molecule has 2 saturated heterocycles. The summed E-state index contributed by atoms with van der Waals surface area (Å²) >= 11 is 0. The average Bonchev–Trinajstić information content (AvgIpc) is 3.38. The van der Waals surface area contributed by atoms with Gasteiger partial charge in [0.05, 0.1) is 12.1 Å². The normalized spacial score (nSPS) is 21.1. The molecular formula is C20H25N3O2. The lowest BCUT2D eigenvalue weighted by atomic mass is 10.2. The maximum atomic E-state index is 12.8. The molecule has 5 heteroatoms. The number of oxazole rings is 1. The minimum absolute atomic E-state index is 0.176. The SMILES string of the molecule is O=C(Cc1coc(-c2ccccc2)n1)N1CCC[C@H]1CN1CCCC1. The van der Waals surface area contributed by atoms with Gasteiger partial charge in [0.25, 0.3) is 0 Å². The maximum Gasteiger partial charge on any atom is 0.229 e. The first kappa shape index (κ1) is 16.3. The molecule has 0 unspecified atom stereocenters. The van der Waals surface area contributed by atoms with Crippen LogP contribution in [0.15, 0.2) is 41.0 Å². The summed E-state index contributed by atoms with van der Waals surface area (Å²) in [5, 5.41) is 0. The summed E-state index contributed by atoms with van der Waals surface area (Å²) < 4.78 is 5.56. The predicted molar refractivity (Wildman–Crippen MR) is 96.1 cm³/mol. The highest BCUT2D eigenvalue weighted by Gasteiger charge is 2.31. The van der Waals surface area contributed by atoms with E-state index in [2.05, 4.69) is 14.8 Å². The summed E-state index contributed by atoms with van der Waals surface area (Å²) in [6.07, 6.45) is 6.76. The quantitative estimate of drug-likeness (QED) is 0.840. The third-order valence-corrected chi connectivity index (χ3v) is 5.27. The van der Waals surface area contributed by atoms with Gasteiger partial charge in [-0.25, -0.2) is 4.98 Å². The lowest BCUT2D eigenvalue weighted by molar-refractivity contribution is -0.131. The zero-order valence-electron chi connectivity index (χ0n) is 14.6. The molecular weight excluding hydrogens is 314 g/mol. The summed E-state index contributed by atoms with van der Waals surface area (Å²) in [7, 11) is 0. The molecule has 2 aliphatic rings. The summed E-state index contributed by atoms with van der Waals surface area (Å²) in [6, 6.07) is 10.2. The number of aromatic nitrogens is 1. The van der Waals surface area contributed by atoms with Gasteiger partial charge in [0.1, 0.15) is 6.26 Å². The van der Waals surface area contributed by atoms with Gasteiger partial charge in [0.2, 0.25) is 11.8 Å². The summed E-state index contributed by atoms with van der Waals surface area (Å²) in [6.45, 7) is 4.27. The van der Waals surface area contributed by atoms with Gasteiger partial charge in [-0.05, 0) is 50.9 Å². The Bertz CT molecular complexity index is 707. The van der Waals surface area contributed by atoms with Gasteiger partial charge in [-0.3, -0.25) is 4.79 Å². The first-order chi connectivity index (χ1) is 12.3. The molecule has 0 aliphatic carbocycles. The van der Waals surface area contributed by atoms with E-state index in [4.69, 9.17) is 4.42 Å². The van der Waals surface area contributed by atoms with E-state index in [1.165, 1.54) is 25.9 Å². The molecule has 0 saturated carbocycles. The first-order valence-corrected chi connectivity index (χ1v) is 9.31. The molecule has 1 aromatic carbocycles. The van der Waals surface area contributed by atoms with Crippen molar-refractivity contribution in [1.29, 1.82) is 0 Å². The number of nitrogens with zero attached hydrogens (tertiary/aromatic N) is 3. The Morgan fingerprint density at radius 3 is 2.72 bits per heavy atom. The number of rotatable bonds is 5. The van der Waals surface area contributed by atoms with E-state index in [1.807, 2.05) is 30.3 Å². The Morgan fingerprint density at radius 1 is 1.12 bits per heavy atom. The second-order valence-electron chi connectivity index (χ2n) is 7.08. The van der Waals surface area contributed by atoms with Crippen molar-refractivity contribution in [1.82, 2.24) is 14.8 Å². The van der Waals surface area contributed by atoms with E-state index >= 15 is 0 Å². The van der Waals surface area contributed by atoms with E-state index in [9.17, 15) is 4.79 Å². The molecule has 2 aliphatic heterocycles. The Kier molecular flexibility index (Phi) is 4.83. The van der Waals surface area contributed by atoms with Gasteiger partial charge in [0.15, 0.2) is 0 Å². The smallest absolute Gasteiger partial charge is 0.229 e. The van der Waals surface area contributed by atoms with Crippen LogP contribution in [0.4, 0.5) is 0 Å². The van der Waals surface area contributed by atoms with Gasteiger partial charge in [-0.2, -0.15) is 0 Å². The zero-order valence-corrected chi connectivity index (χ0v) is 14.6. The van der Waals surface area contributed by atoms with Crippen molar-refractivity contribution < 1.29 is 9.21 Å². The molecule has 3 heterocycles. The third-order valence-electron chi connectivity index (χ3n) is 5.27. The van der Waals surface area contributed by atoms with Crippen LogP contribution in [0.2, 0.25) is 0 Å². The second-order valence-corrected chi connectivity index (χ2v) is 7.08. The predicted octanol–water partition coefficient (Wildman–Crippen LogP) is 2.97. The van der Waals surface area contributed by atoms with Crippen LogP contribution in [0.1, 0.15) is 31.4 Å². The van der Waals surface area contributed by atoms with Gasteiger partial charge in [-0.15, -0.1) is 0 Å². The molecule has 132 valence electrons. The molecule has 0 radical (unpaired) electrons. The summed E-state index contributed by atoms with van der Waals surface area (Å²) in [4.78, 5) is 21.8. The molecule has 5 nitrogen and oxygen atoms in total. The fourth-order valence-electron chi connectivity index (χ4n) is 3.98. The molecule has 0 bridgehead atoms. The van der Waals surface area contributed by atoms with Crippen LogP contribution in [0.3, 0.4) is 0 Å². The molecule has 1 amide bonds. The van der Waals surface area contributed by atoms with Crippen LogP contribution in [-0.4, -0.2) is 52.9 Å². The fraction of sp³-hybridized carbons (Fsp3) is 0.500. The van der Waals surface area contributed by atoms with E-state index in [0.717, 1.165) is 37.2 Å². The second kappa shape index (κ2) is 7.40. The van der Waals surface area contributed by atoms with Crippen molar-refractivity contribution in [2.75, 3.05) is 26.2 Å². The maximum absolute atomic E-state index is 12.8. The van der Waals surface area contributed by atoms with Crippen molar-refractivity contribution >= 4 is 5.91 Å². The monoisotopic (exact) mass is 339 g/mol. The van der Waals surface area contributed by atoms with Gasteiger partial charge in [-0.1, -0.05) is 18.2 Å². The van der Waals surface area contributed by atoms with Crippen LogP contribution in [0.25, 0.3) is 11.5 Å². The van der Waals surface area contributed by atoms with Crippen molar-refractivity contribution in [3.63, 3.8) is 0 Å². The van der Waals surface area contributed by atoms with E-state index in [0.29, 0.717) is 18.4 Å². The Balaban J connectivity index is 1.38. The van der Waals surface area contributed by atoms with Crippen molar-refractivity contribution in [2.24, 2.45) is 0 Å². The minimum Gasteiger partial charge on any atom is -0.444 e. The van der Waals surface area contributed by atoms with Crippen molar-refractivity contribution in [3.8, 4) is 11.5 Å². The van der Waals surface area contributed by atoms with Gasteiger partial charge < -0.3 is 14.2 Å². The number of hydrogen-bond acceptors (Lipinski definition) is 4. The highest BCUT2D eigenvalue weighted by molar-refractivity contribution is 5.79. The number of hydrogen-bond donors (Lipinski definition) is 0. The molecule has 0 N–H and O–H groups in total. The summed E-state index contributed by atoms with van der Waals surface area (Å²) in [5.41, 5.74) is 1.66. The van der Waals surface area contributed by atoms with Crippen LogP contribution in [0.5, 0.6) is 0 Å². The standard InChI is InChI=1S/C20H25N3O2/c24-19(23-12-6-9-18(23)14-22-10-4-5-11-22)13-17-15-25-20(21-17)16-7-2-1-3-8-16/h1-3,7-8,15,18H,4-6,9-14H2/t18-/m0/s1. The average molecular weight is 339 g/mol. The number of carbonyl (C=O) groups is 1. The molecule has 25 heavy (non-hydrogen) atoms. The number of benzene rings is 1. The van der Waals surface area contributed by atoms with Crippen molar-refractivity contribution in [3.05, 3.63) is 42.3 Å². The lowest BCUT2D eigenvalue weighted by Crippen LogP contribution is -2.43. The van der Waals surface area contributed by atoms with Gasteiger partial charge in [0, 0.05) is 24.7 Å². The van der Waals surface area contributed by atoms with Crippen LogP contribution >= 0.6 is 0 Å². The first-order valence-electron chi connectivity index (χ1n) is 9.31. The van der Waals surface area contributed by atoms with E-state index < -0.39 is 0 Å². The molecule has 1 atom stereocenters. The fourth-order valence-corrected chi connectivity index (χ4v) is 3.98.